The minimum atomic E-state index is 0.824. The molecule has 0 saturated heterocycles. The van der Waals surface area contributed by atoms with Gasteiger partial charge >= 0.3 is 0 Å². The van der Waals surface area contributed by atoms with E-state index in [0.717, 1.165) is 35.9 Å². The molecule has 0 radical (unpaired) electrons. The highest BCUT2D eigenvalue weighted by Crippen LogP contribution is 2.20. The van der Waals surface area contributed by atoms with Crippen molar-refractivity contribution in [1.29, 1.82) is 0 Å². The lowest BCUT2D eigenvalue weighted by molar-refractivity contribution is 0.667. The quantitative estimate of drug-likeness (QED) is 0.805. The molecule has 0 aliphatic carbocycles. The summed E-state index contributed by atoms with van der Waals surface area (Å²) in [6, 6.07) is 0. The number of nitrogens with zero attached hydrogens (tertiary/aromatic N) is 3. The summed E-state index contributed by atoms with van der Waals surface area (Å²) >= 11 is 1.61. The number of rotatable bonds is 5. The molecule has 0 saturated carbocycles. The van der Waals surface area contributed by atoms with Crippen LogP contribution in [-0.2, 0) is 6.54 Å². The zero-order chi connectivity index (χ0) is 11.2. The lowest BCUT2D eigenvalue weighted by Crippen LogP contribution is -2.13. The van der Waals surface area contributed by atoms with Crippen molar-refractivity contribution in [1.82, 2.24) is 20.3 Å². The third kappa shape index (κ3) is 2.84. The SMILES string of the molecule is CCCNCc1csc(-c2cnccn2)n1. The highest BCUT2D eigenvalue weighted by Gasteiger charge is 2.04. The average Bonchev–Trinajstić information content (AvgIpc) is 2.79. The summed E-state index contributed by atoms with van der Waals surface area (Å²) < 4.78 is 0. The van der Waals surface area contributed by atoms with Crippen molar-refractivity contribution >= 4 is 11.3 Å². The van der Waals surface area contributed by atoms with Crippen LogP contribution in [0.4, 0.5) is 0 Å². The van der Waals surface area contributed by atoms with Crippen molar-refractivity contribution in [2.45, 2.75) is 19.9 Å². The Balaban J connectivity index is 2.02. The van der Waals surface area contributed by atoms with Crippen molar-refractivity contribution in [3.63, 3.8) is 0 Å². The molecule has 0 aromatic carbocycles. The zero-order valence-corrected chi connectivity index (χ0v) is 10.00. The number of nitrogens with one attached hydrogen (secondary N) is 1. The van der Waals surface area contributed by atoms with Crippen LogP contribution in [0, 0.1) is 0 Å². The van der Waals surface area contributed by atoms with Gasteiger partial charge in [-0.1, -0.05) is 6.92 Å². The molecule has 4 nitrogen and oxygen atoms in total. The van der Waals surface area contributed by atoms with E-state index in [1.807, 2.05) is 0 Å². The Morgan fingerprint density at radius 3 is 3.06 bits per heavy atom. The standard InChI is InChI=1S/C11H14N4S/c1-2-3-12-6-9-8-16-11(15-9)10-7-13-4-5-14-10/h4-5,7-8,12H,2-3,6H2,1H3. The molecule has 2 aromatic rings. The molecule has 0 spiro atoms. The van der Waals surface area contributed by atoms with E-state index in [4.69, 9.17) is 0 Å². The molecule has 0 aliphatic rings. The van der Waals surface area contributed by atoms with Crippen molar-refractivity contribution in [2.75, 3.05) is 6.54 Å². The maximum atomic E-state index is 4.51. The van der Waals surface area contributed by atoms with Gasteiger partial charge in [-0.15, -0.1) is 11.3 Å². The molecule has 2 heterocycles. The van der Waals surface area contributed by atoms with Crippen molar-refractivity contribution < 1.29 is 0 Å². The second-order valence-electron chi connectivity index (χ2n) is 3.41. The molecule has 0 bridgehead atoms. The van der Waals surface area contributed by atoms with Crippen LogP contribution in [-0.4, -0.2) is 21.5 Å². The molecule has 16 heavy (non-hydrogen) atoms. The first-order valence-corrected chi connectivity index (χ1v) is 6.19. The van der Waals surface area contributed by atoms with E-state index in [2.05, 4.69) is 32.6 Å². The lowest BCUT2D eigenvalue weighted by Gasteiger charge is -1.98. The highest BCUT2D eigenvalue weighted by atomic mass is 32.1. The summed E-state index contributed by atoms with van der Waals surface area (Å²) in [5.41, 5.74) is 1.91. The summed E-state index contributed by atoms with van der Waals surface area (Å²) in [6.07, 6.45) is 6.23. The Morgan fingerprint density at radius 1 is 1.38 bits per heavy atom. The Hall–Kier alpha value is -1.33. The topological polar surface area (TPSA) is 50.7 Å². The largest absolute Gasteiger partial charge is 0.311 e. The van der Waals surface area contributed by atoms with Gasteiger partial charge in [0.25, 0.3) is 0 Å². The highest BCUT2D eigenvalue weighted by molar-refractivity contribution is 7.13. The monoisotopic (exact) mass is 234 g/mol. The summed E-state index contributed by atoms with van der Waals surface area (Å²) in [6.45, 7) is 4.00. The molecule has 2 aromatic heterocycles. The fourth-order valence-electron chi connectivity index (χ4n) is 1.31. The van der Waals surface area contributed by atoms with E-state index in [1.54, 1.807) is 29.9 Å². The molecule has 0 unspecified atom stereocenters. The number of hydrogen-bond acceptors (Lipinski definition) is 5. The first-order chi connectivity index (χ1) is 7.90. The van der Waals surface area contributed by atoms with E-state index >= 15 is 0 Å². The molecule has 1 N–H and O–H groups in total. The smallest absolute Gasteiger partial charge is 0.143 e. The molecule has 2 rings (SSSR count). The van der Waals surface area contributed by atoms with Gasteiger partial charge in [-0.25, -0.2) is 4.98 Å². The van der Waals surface area contributed by atoms with E-state index in [9.17, 15) is 0 Å². The van der Waals surface area contributed by atoms with Crippen LogP contribution < -0.4 is 5.32 Å². The van der Waals surface area contributed by atoms with E-state index in [0.29, 0.717) is 0 Å². The third-order valence-electron chi connectivity index (χ3n) is 2.07. The van der Waals surface area contributed by atoms with Crippen LogP contribution >= 0.6 is 11.3 Å². The Kier molecular flexibility index (Phi) is 3.96. The maximum Gasteiger partial charge on any atom is 0.143 e. The minimum absolute atomic E-state index is 0.824. The van der Waals surface area contributed by atoms with Crippen LogP contribution in [0.5, 0.6) is 0 Å². The maximum absolute atomic E-state index is 4.51. The Morgan fingerprint density at radius 2 is 2.31 bits per heavy atom. The predicted octanol–water partition coefficient (Wildman–Crippen LogP) is 2.10. The van der Waals surface area contributed by atoms with Gasteiger partial charge in [-0.2, -0.15) is 0 Å². The number of hydrogen-bond donors (Lipinski definition) is 1. The van der Waals surface area contributed by atoms with Gasteiger partial charge in [-0.3, -0.25) is 9.97 Å². The Labute approximate surface area is 98.8 Å². The molecular formula is C11H14N4S. The van der Waals surface area contributed by atoms with E-state index in [-0.39, 0.29) is 0 Å². The van der Waals surface area contributed by atoms with Gasteiger partial charge < -0.3 is 5.32 Å². The minimum Gasteiger partial charge on any atom is -0.311 e. The Bertz CT molecular complexity index is 427. The summed E-state index contributed by atoms with van der Waals surface area (Å²) in [4.78, 5) is 12.8. The van der Waals surface area contributed by atoms with E-state index < -0.39 is 0 Å². The molecule has 0 atom stereocenters. The van der Waals surface area contributed by atoms with Crippen LogP contribution in [0.15, 0.2) is 24.0 Å². The first kappa shape index (κ1) is 11.2. The average molecular weight is 234 g/mol. The van der Waals surface area contributed by atoms with Crippen LogP contribution in [0.2, 0.25) is 0 Å². The van der Waals surface area contributed by atoms with Gasteiger partial charge in [-0.05, 0) is 13.0 Å². The second kappa shape index (κ2) is 5.67. The zero-order valence-electron chi connectivity index (χ0n) is 9.18. The summed E-state index contributed by atoms with van der Waals surface area (Å²) in [7, 11) is 0. The van der Waals surface area contributed by atoms with Crippen molar-refractivity contribution in [3.8, 4) is 10.7 Å². The van der Waals surface area contributed by atoms with Crippen molar-refractivity contribution in [2.24, 2.45) is 0 Å². The molecule has 0 amide bonds. The predicted molar refractivity (Wildman–Crippen MR) is 65.1 cm³/mol. The molecule has 0 aliphatic heterocycles. The van der Waals surface area contributed by atoms with Gasteiger partial charge in [0, 0.05) is 24.3 Å². The van der Waals surface area contributed by atoms with Gasteiger partial charge in [0.1, 0.15) is 10.7 Å². The molecule has 5 heteroatoms. The molecular weight excluding hydrogens is 220 g/mol. The summed E-state index contributed by atoms with van der Waals surface area (Å²) in [5.74, 6) is 0. The normalized spacial score (nSPS) is 10.6. The van der Waals surface area contributed by atoms with Gasteiger partial charge in [0.15, 0.2) is 0 Å². The molecule has 84 valence electrons. The number of aromatic nitrogens is 3. The van der Waals surface area contributed by atoms with E-state index in [1.165, 1.54) is 0 Å². The van der Waals surface area contributed by atoms with Crippen LogP contribution in [0.1, 0.15) is 19.0 Å². The fourth-order valence-corrected chi connectivity index (χ4v) is 2.09. The summed E-state index contributed by atoms with van der Waals surface area (Å²) in [5, 5.41) is 6.32. The van der Waals surface area contributed by atoms with Crippen LogP contribution in [0.3, 0.4) is 0 Å². The van der Waals surface area contributed by atoms with Gasteiger partial charge in [0.05, 0.1) is 11.9 Å². The lowest BCUT2D eigenvalue weighted by atomic mass is 10.4. The third-order valence-corrected chi connectivity index (χ3v) is 2.98. The van der Waals surface area contributed by atoms with Crippen LogP contribution in [0.25, 0.3) is 10.7 Å². The second-order valence-corrected chi connectivity index (χ2v) is 4.27. The molecule has 0 fully saturated rings. The number of thiazole rings is 1. The fraction of sp³-hybridized carbons (Fsp3) is 0.364. The van der Waals surface area contributed by atoms with Crippen molar-refractivity contribution in [3.05, 3.63) is 29.7 Å². The van der Waals surface area contributed by atoms with Gasteiger partial charge in [0.2, 0.25) is 0 Å². The first-order valence-electron chi connectivity index (χ1n) is 5.31.